The van der Waals surface area contributed by atoms with Crippen LogP contribution in [-0.2, 0) is 11.3 Å². The molecule has 0 bridgehead atoms. The highest BCUT2D eigenvalue weighted by molar-refractivity contribution is 5.98. The van der Waals surface area contributed by atoms with E-state index in [4.69, 9.17) is 4.98 Å². The molecule has 2 heterocycles. The number of para-hydroxylation sites is 3. The zero-order valence-corrected chi connectivity index (χ0v) is 17.3. The summed E-state index contributed by atoms with van der Waals surface area (Å²) in [5.41, 5.74) is 5.58. The van der Waals surface area contributed by atoms with Crippen molar-refractivity contribution in [3.05, 3.63) is 59.4 Å². The van der Waals surface area contributed by atoms with Gasteiger partial charge in [0.25, 0.3) is 0 Å². The number of hydrogen-bond acceptors (Lipinski definition) is 2. The Hall–Kier alpha value is -2.62. The number of carbonyl (C=O) groups excluding carboxylic acids is 1. The quantitative estimate of drug-likeness (QED) is 0.613. The van der Waals surface area contributed by atoms with Crippen LogP contribution in [0, 0.1) is 19.8 Å². The van der Waals surface area contributed by atoms with Crippen LogP contribution in [0.5, 0.6) is 0 Å². The Kier molecular flexibility index (Phi) is 4.96. The number of rotatable bonds is 5. The molecule has 1 aliphatic heterocycles. The number of aromatic nitrogens is 2. The molecule has 2 aromatic carbocycles. The number of benzene rings is 2. The Morgan fingerprint density at radius 1 is 1.11 bits per heavy atom. The van der Waals surface area contributed by atoms with Gasteiger partial charge in [0, 0.05) is 31.1 Å². The van der Waals surface area contributed by atoms with Gasteiger partial charge in [-0.3, -0.25) is 4.79 Å². The van der Waals surface area contributed by atoms with E-state index in [2.05, 4.69) is 68.7 Å². The first-order chi connectivity index (χ1) is 13.5. The summed E-state index contributed by atoms with van der Waals surface area (Å²) in [5.74, 6) is 1.96. The molecule has 3 aromatic rings. The van der Waals surface area contributed by atoms with E-state index >= 15 is 0 Å². The fraction of sp³-hybridized carbons (Fsp3) is 0.417. The third kappa shape index (κ3) is 3.21. The van der Waals surface area contributed by atoms with Gasteiger partial charge >= 0.3 is 0 Å². The average molecular weight is 376 g/mol. The average Bonchev–Trinajstić information content (AvgIpc) is 3.23. The molecule has 1 aliphatic rings. The summed E-state index contributed by atoms with van der Waals surface area (Å²) in [7, 11) is 0. The normalized spacial score (nSPS) is 18.2. The fourth-order valence-corrected chi connectivity index (χ4v) is 4.37. The molecule has 0 N–H and O–H groups in total. The van der Waals surface area contributed by atoms with Gasteiger partial charge in [-0.15, -0.1) is 0 Å². The number of fused-ring (bicyclic) bond motifs is 1. The van der Waals surface area contributed by atoms with Crippen molar-refractivity contribution >= 4 is 22.6 Å². The second kappa shape index (κ2) is 7.42. The summed E-state index contributed by atoms with van der Waals surface area (Å²) in [6, 6.07) is 14.6. The van der Waals surface area contributed by atoms with Crippen LogP contribution < -0.4 is 4.90 Å². The SMILES string of the molecule is CCC(C)Cn1c(C2CC(=O)N(c3c(C)cccc3C)C2)nc2ccccc21. The highest BCUT2D eigenvalue weighted by Crippen LogP contribution is 2.36. The molecule has 4 rings (SSSR count). The highest BCUT2D eigenvalue weighted by atomic mass is 16.2. The highest BCUT2D eigenvalue weighted by Gasteiger charge is 2.36. The number of anilines is 1. The zero-order chi connectivity index (χ0) is 19.8. The largest absolute Gasteiger partial charge is 0.327 e. The molecule has 0 aliphatic carbocycles. The predicted octanol–water partition coefficient (Wildman–Crippen LogP) is 5.22. The number of nitrogens with zero attached hydrogens (tertiary/aromatic N) is 3. The lowest BCUT2D eigenvalue weighted by molar-refractivity contribution is -0.117. The second-order valence-electron chi connectivity index (χ2n) is 8.23. The summed E-state index contributed by atoms with van der Waals surface area (Å²) in [6.45, 7) is 10.3. The van der Waals surface area contributed by atoms with Gasteiger partial charge in [-0.1, -0.05) is 50.6 Å². The van der Waals surface area contributed by atoms with Gasteiger partial charge < -0.3 is 9.47 Å². The smallest absolute Gasteiger partial charge is 0.227 e. The van der Waals surface area contributed by atoms with Gasteiger partial charge in [0.15, 0.2) is 0 Å². The minimum Gasteiger partial charge on any atom is -0.327 e. The third-order valence-electron chi connectivity index (χ3n) is 6.07. The van der Waals surface area contributed by atoms with Gasteiger partial charge in [0.1, 0.15) is 5.82 Å². The fourth-order valence-electron chi connectivity index (χ4n) is 4.37. The van der Waals surface area contributed by atoms with Crippen LogP contribution in [-0.4, -0.2) is 22.0 Å². The Bertz CT molecular complexity index is 1000. The Balaban J connectivity index is 1.73. The lowest BCUT2D eigenvalue weighted by Gasteiger charge is -2.22. The van der Waals surface area contributed by atoms with Crippen molar-refractivity contribution in [1.29, 1.82) is 0 Å². The summed E-state index contributed by atoms with van der Waals surface area (Å²) < 4.78 is 2.36. The van der Waals surface area contributed by atoms with E-state index < -0.39 is 0 Å². The molecule has 1 aromatic heterocycles. The molecule has 4 heteroatoms. The van der Waals surface area contributed by atoms with Crippen LogP contribution in [0.15, 0.2) is 42.5 Å². The van der Waals surface area contributed by atoms with E-state index in [1.807, 2.05) is 11.0 Å². The summed E-state index contributed by atoms with van der Waals surface area (Å²) >= 11 is 0. The molecular weight excluding hydrogens is 346 g/mol. The van der Waals surface area contributed by atoms with Gasteiger partial charge in [-0.05, 0) is 43.0 Å². The molecule has 1 fully saturated rings. The lowest BCUT2D eigenvalue weighted by Crippen LogP contribution is -2.26. The maximum atomic E-state index is 13.0. The van der Waals surface area contributed by atoms with Gasteiger partial charge in [0.2, 0.25) is 5.91 Å². The zero-order valence-electron chi connectivity index (χ0n) is 17.3. The van der Waals surface area contributed by atoms with Crippen molar-refractivity contribution in [2.45, 2.75) is 53.0 Å². The Morgan fingerprint density at radius 3 is 2.54 bits per heavy atom. The van der Waals surface area contributed by atoms with Crippen molar-refractivity contribution in [3.8, 4) is 0 Å². The number of amides is 1. The molecule has 2 unspecified atom stereocenters. The van der Waals surface area contributed by atoms with Crippen molar-refractivity contribution < 1.29 is 4.79 Å². The second-order valence-corrected chi connectivity index (χ2v) is 8.23. The number of hydrogen-bond donors (Lipinski definition) is 0. The van der Waals surface area contributed by atoms with Crippen LogP contribution in [0.2, 0.25) is 0 Å². The van der Waals surface area contributed by atoms with E-state index in [0.29, 0.717) is 18.9 Å². The molecular formula is C24H29N3O. The molecule has 28 heavy (non-hydrogen) atoms. The van der Waals surface area contributed by atoms with Crippen molar-refractivity contribution in [2.24, 2.45) is 5.92 Å². The van der Waals surface area contributed by atoms with E-state index in [0.717, 1.165) is 41.1 Å². The predicted molar refractivity (Wildman–Crippen MR) is 115 cm³/mol. The lowest BCUT2D eigenvalue weighted by atomic mass is 10.1. The molecule has 0 radical (unpaired) electrons. The maximum absolute atomic E-state index is 13.0. The minimum atomic E-state index is 0.128. The van der Waals surface area contributed by atoms with E-state index in [9.17, 15) is 4.79 Å². The van der Waals surface area contributed by atoms with Crippen molar-refractivity contribution in [2.75, 3.05) is 11.4 Å². The topological polar surface area (TPSA) is 38.1 Å². The molecule has 4 nitrogen and oxygen atoms in total. The first-order valence-corrected chi connectivity index (χ1v) is 10.3. The first kappa shape index (κ1) is 18.7. The molecule has 1 saturated heterocycles. The summed E-state index contributed by atoms with van der Waals surface area (Å²) in [4.78, 5) is 19.9. The van der Waals surface area contributed by atoms with Crippen molar-refractivity contribution in [1.82, 2.24) is 9.55 Å². The van der Waals surface area contributed by atoms with Crippen LogP contribution in [0.4, 0.5) is 5.69 Å². The van der Waals surface area contributed by atoms with Gasteiger partial charge in [0.05, 0.1) is 11.0 Å². The van der Waals surface area contributed by atoms with Gasteiger partial charge in [-0.2, -0.15) is 0 Å². The van der Waals surface area contributed by atoms with E-state index in [-0.39, 0.29) is 11.8 Å². The molecule has 0 saturated carbocycles. The molecule has 1 amide bonds. The van der Waals surface area contributed by atoms with Crippen LogP contribution in [0.1, 0.15) is 49.6 Å². The Morgan fingerprint density at radius 2 is 1.82 bits per heavy atom. The molecule has 146 valence electrons. The van der Waals surface area contributed by atoms with Crippen molar-refractivity contribution in [3.63, 3.8) is 0 Å². The van der Waals surface area contributed by atoms with Crippen LogP contribution >= 0.6 is 0 Å². The minimum absolute atomic E-state index is 0.128. The number of carbonyl (C=O) groups is 1. The molecule has 0 spiro atoms. The number of aryl methyl sites for hydroxylation is 2. The summed E-state index contributed by atoms with van der Waals surface area (Å²) in [5, 5.41) is 0. The maximum Gasteiger partial charge on any atom is 0.227 e. The van der Waals surface area contributed by atoms with Gasteiger partial charge in [-0.25, -0.2) is 4.98 Å². The first-order valence-electron chi connectivity index (χ1n) is 10.3. The van der Waals surface area contributed by atoms with Crippen LogP contribution in [0.3, 0.4) is 0 Å². The molecule has 2 atom stereocenters. The Labute approximate surface area is 167 Å². The van der Waals surface area contributed by atoms with Crippen LogP contribution in [0.25, 0.3) is 11.0 Å². The summed E-state index contributed by atoms with van der Waals surface area (Å²) in [6.07, 6.45) is 1.65. The monoisotopic (exact) mass is 375 g/mol. The standard InChI is InChI=1S/C24H29N3O/c1-5-16(2)14-26-21-12-7-6-11-20(21)25-24(26)19-13-22(28)27(15-19)23-17(3)9-8-10-18(23)4/h6-12,16,19H,5,13-15H2,1-4H3. The number of imidazole rings is 1. The van der Waals surface area contributed by atoms with E-state index in [1.165, 1.54) is 5.52 Å². The van der Waals surface area contributed by atoms with E-state index in [1.54, 1.807) is 0 Å². The third-order valence-corrected chi connectivity index (χ3v) is 6.07.